The van der Waals surface area contributed by atoms with Crippen LogP contribution in [0.15, 0.2) is 206 Å². The van der Waals surface area contributed by atoms with Gasteiger partial charge in [0.2, 0.25) is 0 Å². The molecule has 5 heteroatoms. The minimum absolute atomic E-state index is 0.645. The molecule has 0 aliphatic rings. The van der Waals surface area contributed by atoms with Crippen molar-refractivity contribution in [2.24, 2.45) is 0 Å². The number of aromatic nitrogens is 4. The van der Waals surface area contributed by atoms with Gasteiger partial charge >= 0.3 is 0 Å². The molecule has 12 rings (SSSR count). The second-order valence-electron chi connectivity index (χ2n) is 15.2. The van der Waals surface area contributed by atoms with Gasteiger partial charge in [0, 0.05) is 53.3 Å². The molecule has 0 fully saturated rings. The zero-order valence-corrected chi connectivity index (χ0v) is 33.1. The molecule has 0 radical (unpaired) electrons. The van der Waals surface area contributed by atoms with Crippen LogP contribution in [-0.4, -0.2) is 19.5 Å². The van der Waals surface area contributed by atoms with Crippen molar-refractivity contribution in [2.75, 3.05) is 0 Å². The first kappa shape index (κ1) is 34.3. The molecule has 0 aliphatic heterocycles. The van der Waals surface area contributed by atoms with Crippen molar-refractivity contribution in [3.8, 4) is 62.1 Å². The fourth-order valence-electron chi connectivity index (χ4n) is 8.88. The van der Waals surface area contributed by atoms with Crippen molar-refractivity contribution in [3.05, 3.63) is 206 Å². The van der Waals surface area contributed by atoms with Crippen LogP contribution in [0, 0.1) is 0 Å². The summed E-state index contributed by atoms with van der Waals surface area (Å²) in [4.78, 5) is 15.3. The van der Waals surface area contributed by atoms with Gasteiger partial charge in [-0.25, -0.2) is 15.0 Å². The van der Waals surface area contributed by atoms with E-state index in [0.29, 0.717) is 17.5 Å². The second-order valence-corrected chi connectivity index (χ2v) is 16.2. The molecule has 3 aromatic heterocycles. The first-order valence-electron chi connectivity index (χ1n) is 20.2. The molecule has 280 valence electrons. The summed E-state index contributed by atoms with van der Waals surface area (Å²) in [6.45, 7) is 0. The Morgan fingerprint density at radius 1 is 0.317 bits per heavy atom. The summed E-state index contributed by atoms with van der Waals surface area (Å²) in [6, 6.07) is 73.4. The third kappa shape index (κ3) is 5.63. The number of rotatable bonds is 6. The summed E-state index contributed by atoms with van der Waals surface area (Å²) in [5, 5.41) is 7.41. The van der Waals surface area contributed by atoms with E-state index in [4.69, 9.17) is 15.0 Å². The topological polar surface area (TPSA) is 43.6 Å². The van der Waals surface area contributed by atoms with E-state index in [-0.39, 0.29) is 0 Å². The fourth-order valence-corrected chi connectivity index (χ4v) is 10.1. The van der Waals surface area contributed by atoms with E-state index in [1.165, 1.54) is 69.4 Å². The largest absolute Gasteiger partial charge is 0.309 e. The van der Waals surface area contributed by atoms with Crippen LogP contribution in [0.4, 0.5) is 0 Å². The van der Waals surface area contributed by atoms with Gasteiger partial charge < -0.3 is 4.57 Å². The molecule has 0 saturated heterocycles. The Labute approximate surface area is 350 Å². The summed E-state index contributed by atoms with van der Waals surface area (Å²) in [5.41, 5.74) is 11.2. The van der Waals surface area contributed by atoms with Crippen LogP contribution < -0.4 is 0 Å². The van der Waals surface area contributed by atoms with Crippen molar-refractivity contribution < 1.29 is 0 Å². The Morgan fingerprint density at radius 3 is 1.52 bits per heavy atom. The van der Waals surface area contributed by atoms with E-state index in [1.54, 1.807) is 11.3 Å². The van der Waals surface area contributed by atoms with E-state index in [0.717, 1.165) is 27.9 Å². The molecule has 3 heterocycles. The van der Waals surface area contributed by atoms with Gasteiger partial charge in [0.25, 0.3) is 0 Å². The fraction of sp³-hybridized carbons (Fsp3) is 0. The molecule has 0 atom stereocenters. The van der Waals surface area contributed by atoms with Crippen LogP contribution in [-0.2, 0) is 0 Å². The monoisotopic (exact) mass is 782 g/mol. The highest BCUT2D eigenvalue weighted by Gasteiger charge is 2.18. The minimum atomic E-state index is 0.645. The van der Waals surface area contributed by atoms with Crippen LogP contribution in [0.1, 0.15) is 0 Å². The first-order chi connectivity index (χ1) is 29.7. The smallest absolute Gasteiger partial charge is 0.165 e. The van der Waals surface area contributed by atoms with Crippen LogP contribution in [0.5, 0.6) is 0 Å². The van der Waals surface area contributed by atoms with Crippen molar-refractivity contribution >= 4 is 64.1 Å². The highest BCUT2D eigenvalue weighted by molar-refractivity contribution is 7.26. The van der Waals surface area contributed by atoms with Crippen LogP contribution >= 0.6 is 11.3 Å². The summed E-state index contributed by atoms with van der Waals surface area (Å²) in [7, 11) is 0. The van der Waals surface area contributed by atoms with Gasteiger partial charge in [0.1, 0.15) is 0 Å². The maximum absolute atomic E-state index is 5.16. The number of hydrogen-bond donors (Lipinski definition) is 0. The number of hydrogen-bond acceptors (Lipinski definition) is 4. The normalized spacial score (nSPS) is 11.7. The van der Waals surface area contributed by atoms with E-state index in [9.17, 15) is 0 Å². The average molecular weight is 783 g/mol. The Balaban J connectivity index is 0.941. The zero-order valence-electron chi connectivity index (χ0n) is 32.3. The summed E-state index contributed by atoms with van der Waals surface area (Å²) in [6.07, 6.45) is 0. The molecule has 0 N–H and O–H groups in total. The van der Waals surface area contributed by atoms with E-state index in [2.05, 4.69) is 193 Å². The summed E-state index contributed by atoms with van der Waals surface area (Å²) in [5.74, 6) is 1.97. The molecule has 12 aromatic rings. The average Bonchev–Trinajstić information content (AvgIpc) is 3.88. The molecule has 0 saturated carbocycles. The first-order valence-corrected chi connectivity index (χ1v) is 21.0. The third-order valence-corrected chi connectivity index (χ3v) is 12.9. The van der Waals surface area contributed by atoms with E-state index >= 15 is 0 Å². The second kappa shape index (κ2) is 14.0. The molecule has 60 heavy (non-hydrogen) atoms. The Kier molecular flexibility index (Phi) is 8.00. The van der Waals surface area contributed by atoms with Crippen LogP contribution in [0.2, 0.25) is 0 Å². The van der Waals surface area contributed by atoms with Crippen molar-refractivity contribution in [1.29, 1.82) is 0 Å². The van der Waals surface area contributed by atoms with Crippen molar-refractivity contribution in [2.45, 2.75) is 0 Å². The third-order valence-electron chi connectivity index (χ3n) is 11.7. The van der Waals surface area contributed by atoms with Crippen LogP contribution in [0.3, 0.4) is 0 Å². The van der Waals surface area contributed by atoms with Gasteiger partial charge in [-0.2, -0.15) is 0 Å². The van der Waals surface area contributed by atoms with Gasteiger partial charge in [-0.1, -0.05) is 170 Å². The van der Waals surface area contributed by atoms with Crippen molar-refractivity contribution in [3.63, 3.8) is 0 Å². The lowest BCUT2D eigenvalue weighted by Gasteiger charge is -2.14. The number of benzene rings is 9. The predicted molar refractivity (Wildman–Crippen MR) is 252 cm³/mol. The Morgan fingerprint density at radius 2 is 0.817 bits per heavy atom. The Bertz CT molecular complexity index is 3550. The molecule has 0 amide bonds. The molecular formula is C55H34N4S. The van der Waals surface area contributed by atoms with Crippen molar-refractivity contribution in [1.82, 2.24) is 19.5 Å². The lowest BCUT2D eigenvalue weighted by atomic mass is 9.91. The maximum atomic E-state index is 5.16. The molecule has 0 unspecified atom stereocenters. The number of thiophene rings is 1. The maximum Gasteiger partial charge on any atom is 0.165 e. The summed E-state index contributed by atoms with van der Waals surface area (Å²) >= 11 is 1.79. The standard InChI is InChI=1S/C55H34N4S/c1-2-14-36(15-3-1)53-56-54(58-55(57-53)48-24-13-23-47-46-22-8-11-27-51(46)60-52(47)48)37-30-28-35(29-31-37)40-32-33-41(43-19-5-4-18-42(40)43)38-16-12-17-39(34-38)59-49-25-9-6-20-44(49)45-21-7-10-26-50(45)59/h1-34H. The van der Waals surface area contributed by atoms with Gasteiger partial charge in [0.05, 0.1) is 11.0 Å². The number of fused-ring (bicyclic) bond motifs is 7. The highest BCUT2D eigenvalue weighted by Crippen LogP contribution is 2.41. The van der Waals surface area contributed by atoms with Gasteiger partial charge in [0.15, 0.2) is 17.5 Å². The van der Waals surface area contributed by atoms with Gasteiger partial charge in [-0.3, -0.25) is 0 Å². The van der Waals surface area contributed by atoms with Gasteiger partial charge in [-0.15, -0.1) is 11.3 Å². The predicted octanol–water partition coefficient (Wildman–Crippen LogP) is 14.8. The zero-order chi connectivity index (χ0) is 39.6. The highest BCUT2D eigenvalue weighted by atomic mass is 32.1. The van der Waals surface area contributed by atoms with E-state index in [1.807, 2.05) is 18.2 Å². The number of para-hydroxylation sites is 2. The van der Waals surface area contributed by atoms with E-state index < -0.39 is 0 Å². The minimum Gasteiger partial charge on any atom is -0.309 e. The van der Waals surface area contributed by atoms with Crippen LogP contribution in [0.25, 0.3) is 115 Å². The SMILES string of the molecule is c1ccc(-c2nc(-c3ccc(-c4ccc(-c5cccc(-n6c7ccccc7c7ccccc76)c5)c5ccccc45)cc3)nc(-c3cccc4c3sc3ccccc34)n2)cc1. The molecule has 4 nitrogen and oxygen atoms in total. The Hall–Kier alpha value is -7.73. The van der Waals surface area contributed by atoms with Gasteiger partial charge in [-0.05, 0) is 69.4 Å². The molecule has 0 aliphatic carbocycles. The molecule has 0 spiro atoms. The number of nitrogens with zero attached hydrogens (tertiary/aromatic N) is 4. The molecular weight excluding hydrogens is 749 g/mol. The lowest BCUT2D eigenvalue weighted by Crippen LogP contribution is -2.00. The molecule has 0 bridgehead atoms. The summed E-state index contributed by atoms with van der Waals surface area (Å²) < 4.78 is 4.81. The molecule has 9 aromatic carbocycles. The lowest BCUT2D eigenvalue weighted by molar-refractivity contribution is 1.08. The quantitative estimate of drug-likeness (QED) is 0.169.